The first kappa shape index (κ1) is 39.9. The van der Waals surface area contributed by atoms with Gasteiger partial charge in [0, 0.05) is 47.7 Å². The molecule has 11 aromatic rings. The van der Waals surface area contributed by atoms with E-state index in [4.69, 9.17) is 0 Å². The van der Waals surface area contributed by atoms with E-state index >= 15 is 0 Å². The predicted molar refractivity (Wildman–Crippen MR) is 289 cm³/mol. The van der Waals surface area contributed by atoms with Crippen molar-refractivity contribution in [3.05, 3.63) is 217 Å². The maximum atomic E-state index is 2.64. The second-order valence-corrected chi connectivity index (χ2v) is 21.3. The summed E-state index contributed by atoms with van der Waals surface area (Å²) in [6, 6.07) is 77.8. The van der Waals surface area contributed by atoms with Crippen molar-refractivity contribution in [3.63, 3.8) is 0 Å². The van der Waals surface area contributed by atoms with E-state index in [1.54, 1.807) is 0 Å². The van der Waals surface area contributed by atoms with Crippen molar-refractivity contribution in [1.82, 2.24) is 4.57 Å². The molecule has 2 aliphatic carbocycles. The lowest BCUT2D eigenvalue weighted by Gasteiger charge is -2.57. The Bertz CT molecular complexity index is 3740. The molecular weight excluding hydrogens is 841 g/mol. The van der Waals surface area contributed by atoms with Gasteiger partial charge in [-0.25, -0.2) is 0 Å². The summed E-state index contributed by atoms with van der Waals surface area (Å²) in [7, 11) is 0. The van der Waals surface area contributed by atoms with Crippen LogP contribution < -0.4 is 4.90 Å². The fourth-order valence-corrected chi connectivity index (χ4v) is 15.1. The Morgan fingerprint density at radius 3 is 1.94 bits per heavy atom. The standard InChI is InChI=1S/C65H52N2S/c1-41-37-43-39-42(2)65(47(38-41)40-43)55-22-10-12-24-58(55)67-57-23-11-8-19-53(57)63-59(36-35-56(65)64(63)67)66(48-31-27-45(28-32-48)44-15-4-3-5-16-44)49-33-29-46(30-34-49)50-17-6-7-18-51(50)52-21-14-26-61-62(52)54-20-9-13-25-60(54)68-61/h3-36,41-43,47H,37-40H2,1-2H3/t41-,42-,43-,47+,65?/m1/s1. The van der Waals surface area contributed by atoms with Gasteiger partial charge < -0.3 is 9.47 Å². The Hall–Kier alpha value is -7.20. The van der Waals surface area contributed by atoms with Gasteiger partial charge in [-0.2, -0.15) is 0 Å². The van der Waals surface area contributed by atoms with Crippen LogP contribution in [-0.2, 0) is 5.41 Å². The Labute approximate surface area is 402 Å². The third-order valence-corrected chi connectivity index (χ3v) is 17.6. The zero-order chi connectivity index (χ0) is 45.1. The number of benzene rings is 9. The van der Waals surface area contributed by atoms with E-state index in [0.717, 1.165) is 23.2 Å². The number of aromatic nitrogens is 1. The van der Waals surface area contributed by atoms with E-state index in [1.807, 2.05) is 11.3 Å². The van der Waals surface area contributed by atoms with Gasteiger partial charge in [0.1, 0.15) is 0 Å². The highest BCUT2D eigenvalue weighted by Gasteiger charge is 2.56. The minimum atomic E-state index is -0.0558. The smallest absolute Gasteiger partial charge is 0.0603 e. The van der Waals surface area contributed by atoms with Gasteiger partial charge in [0.05, 0.1) is 22.4 Å². The molecule has 0 saturated heterocycles. The van der Waals surface area contributed by atoms with Crippen molar-refractivity contribution in [2.24, 2.45) is 23.7 Å². The van der Waals surface area contributed by atoms with Crippen LogP contribution in [0.4, 0.5) is 17.1 Å². The Morgan fingerprint density at radius 1 is 0.471 bits per heavy atom. The SMILES string of the molecule is C[C@@H]1C[C@H]2C[C@H](C1)C1(c3ccccc3-n3c4ccccc4c4c(N(c5ccc(-c6ccccc6)cc5)c5ccc(-c6ccccc6-c6cccc7sc8ccccc8c67)cc5)ccc1c43)[C@H](C)C2. The summed E-state index contributed by atoms with van der Waals surface area (Å²) in [5.41, 5.74) is 17.9. The molecule has 2 nitrogen and oxygen atoms in total. The van der Waals surface area contributed by atoms with Crippen LogP contribution >= 0.6 is 11.3 Å². The number of anilines is 3. The maximum absolute atomic E-state index is 2.64. The Kier molecular flexibility index (Phi) is 9.05. The van der Waals surface area contributed by atoms with Gasteiger partial charge in [-0.05, 0) is 148 Å². The Morgan fingerprint density at radius 2 is 1.12 bits per heavy atom. The summed E-state index contributed by atoms with van der Waals surface area (Å²) in [4.78, 5) is 2.54. The molecule has 0 N–H and O–H groups in total. The highest BCUT2D eigenvalue weighted by atomic mass is 32.1. The molecule has 3 aliphatic rings. The zero-order valence-corrected chi connectivity index (χ0v) is 39.4. The summed E-state index contributed by atoms with van der Waals surface area (Å²) >= 11 is 1.88. The molecule has 1 spiro atoms. The van der Waals surface area contributed by atoms with E-state index in [1.165, 1.54) is 124 Å². The van der Waals surface area contributed by atoms with Crippen LogP contribution in [0.15, 0.2) is 206 Å². The molecule has 0 radical (unpaired) electrons. The van der Waals surface area contributed by atoms with Gasteiger partial charge in [-0.15, -0.1) is 11.3 Å². The highest BCUT2D eigenvalue weighted by molar-refractivity contribution is 7.25. The van der Waals surface area contributed by atoms with Crippen molar-refractivity contribution < 1.29 is 0 Å². The van der Waals surface area contributed by atoms with Gasteiger partial charge in [-0.3, -0.25) is 0 Å². The number of fused-ring (bicyclic) bond motifs is 13. The molecule has 3 heteroatoms. The van der Waals surface area contributed by atoms with E-state index in [-0.39, 0.29) is 5.41 Å². The molecule has 68 heavy (non-hydrogen) atoms. The molecular formula is C65H52N2S. The van der Waals surface area contributed by atoms with Gasteiger partial charge in [-0.1, -0.05) is 166 Å². The summed E-state index contributed by atoms with van der Waals surface area (Å²) in [5, 5.41) is 5.30. The normalized spacial score (nSPS) is 20.6. The lowest BCUT2D eigenvalue weighted by atomic mass is 9.47. The summed E-state index contributed by atoms with van der Waals surface area (Å²) in [5.74, 6) is 2.69. The molecule has 2 bridgehead atoms. The molecule has 3 heterocycles. The molecule has 328 valence electrons. The van der Waals surface area contributed by atoms with Gasteiger partial charge in [0.2, 0.25) is 0 Å². The molecule has 9 aromatic carbocycles. The van der Waals surface area contributed by atoms with Crippen molar-refractivity contribution >= 4 is 70.4 Å². The topological polar surface area (TPSA) is 8.17 Å². The lowest BCUT2D eigenvalue weighted by molar-refractivity contribution is 0.0401. The van der Waals surface area contributed by atoms with Gasteiger partial charge in [0.25, 0.3) is 0 Å². The number of para-hydroxylation sites is 2. The monoisotopic (exact) mass is 892 g/mol. The molecule has 14 rings (SSSR count). The van der Waals surface area contributed by atoms with Crippen LogP contribution in [0.25, 0.3) is 81.0 Å². The van der Waals surface area contributed by atoms with Gasteiger partial charge in [0.15, 0.2) is 0 Å². The van der Waals surface area contributed by atoms with E-state index < -0.39 is 0 Å². The van der Waals surface area contributed by atoms with Crippen molar-refractivity contribution in [1.29, 1.82) is 0 Å². The summed E-state index contributed by atoms with van der Waals surface area (Å²) in [6.07, 6.45) is 5.26. The molecule has 1 aliphatic heterocycles. The fraction of sp³-hybridized carbons (Fsp3) is 0.169. The van der Waals surface area contributed by atoms with Crippen molar-refractivity contribution in [3.8, 4) is 39.1 Å². The minimum Gasteiger partial charge on any atom is -0.310 e. The average molecular weight is 893 g/mol. The number of thiophene rings is 1. The van der Waals surface area contributed by atoms with Crippen molar-refractivity contribution in [2.75, 3.05) is 4.90 Å². The number of nitrogens with zero attached hydrogens (tertiary/aromatic N) is 2. The quantitative estimate of drug-likeness (QED) is 0.161. The molecule has 0 amide bonds. The number of hydrogen-bond acceptors (Lipinski definition) is 2. The van der Waals surface area contributed by atoms with Crippen LogP contribution in [0.5, 0.6) is 0 Å². The summed E-state index contributed by atoms with van der Waals surface area (Å²) in [6.45, 7) is 5.11. The minimum absolute atomic E-state index is 0.0558. The Balaban J connectivity index is 0.984. The van der Waals surface area contributed by atoms with Crippen LogP contribution in [0.2, 0.25) is 0 Å². The van der Waals surface area contributed by atoms with Crippen LogP contribution in [0.1, 0.15) is 50.7 Å². The second-order valence-electron chi connectivity index (χ2n) is 20.2. The van der Waals surface area contributed by atoms with Crippen molar-refractivity contribution in [2.45, 2.75) is 44.9 Å². The average Bonchev–Trinajstić information content (AvgIpc) is 3.95. The first-order valence-electron chi connectivity index (χ1n) is 24.8. The zero-order valence-electron chi connectivity index (χ0n) is 38.6. The summed E-state index contributed by atoms with van der Waals surface area (Å²) < 4.78 is 5.30. The number of rotatable bonds is 6. The highest BCUT2D eigenvalue weighted by Crippen LogP contribution is 2.64. The van der Waals surface area contributed by atoms with E-state index in [0.29, 0.717) is 11.8 Å². The first-order chi connectivity index (χ1) is 33.5. The van der Waals surface area contributed by atoms with Crippen LogP contribution in [0.3, 0.4) is 0 Å². The maximum Gasteiger partial charge on any atom is 0.0603 e. The second kappa shape index (κ2) is 15.4. The number of hydrogen-bond donors (Lipinski definition) is 0. The molecule has 2 saturated carbocycles. The van der Waals surface area contributed by atoms with E-state index in [9.17, 15) is 0 Å². The molecule has 2 fully saturated rings. The molecule has 1 unspecified atom stereocenters. The first-order valence-corrected chi connectivity index (χ1v) is 25.6. The largest absolute Gasteiger partial charge is 0.310 e. The van der Waals surface area contributed by atoms with Gasteiger partial charge >= 0.3 is 0 Å². The predicted octanol–water partition coefficient (Wildman–Crippen LogP) is 18.3. The molecule has 5 atom stereocenters. The van der Waals surface area contributed by atoms with Crippen LogP contribution in [0, 0.1) is 23.7 Å². The lowest BCUT2D eigenvalue weighted by Crippen LogP contribution is -2.52. The third kappa shape index (κ3) is 5.81. The fourth-order valence-electron chi connectivity index (χ4n) is 14.0. The third-order valence-electron chi connectivity index (χ3n) is 16.5. The van der Waals surface area contributed by atoms with E-state index in [2.05, 4.69) is 230 Å². The van der Waals surface area contributed by atoms with Crippen LogP contribution in [-0.4, -0.2) is 4.57 Å². The molecule has 2 aromatic heterocycles.